The van der Waals surface area contributed by atoms with Crippen LogP contribution in [0, 0.1) is 0 Å². The summed E-state index contributed by atoms with van der Waals surface area (Å²) in [7, 11) is -1.92. The maximum atomic E-state index is 7.10. The van der Waals surface area contributed by atoms with Crippen LogP contribution in [0.4, 0.5) is 0 Å². The lowest BCUT2D eigenvalue weighted by atomic mass is 9.76. The second-order valence-electron chi connectivity index (χ2n) is 19.1. The molecular weight excluding hydrogens is 655 g/mol. The van der Waals surface area contributed by atoms with Crippen LogP contribution in [0.5, 0.6) is 17.2 Å². The van der Waals surface area contributed by atoms with Crippen molar-refractivity contribution in [1.29, 1.82) is 0 Å². The van der Waals surface area contributed by atoms with E-state index in [4.69, 9.17) is 13.6 Å². The Morgan fingerprint density at radius 1 is 0.346 bits per heavy atom. The molecular formula is C48H75O3P. The fourth-order valence-electron chi connectivity index (χ4n) is 6.16. The minimum Gasteiger partial charge on any atom is -0.408 e. The smallest absolute Gasteiger partial charge is 0.408 e. The zero-order valence-electron chi connectivity index (χ0n) is 36.6. The van der Waals surface area contributed by atoms with Crippen LogP contribution < -0.4 is 13.6 Å². The first-order chi connectivity index (χ1) is 23.9. The lowest BCUT2D eigenvalue weighted by Crippen LogP contribution is -2.23. The zero-order valence-corrected chi connectivity index (χ0v) is 37.5. The van der Waals surface area contributed by atoms with Gasteiger partial charge in [0.05, 0.1) is 0 Å². The molecule has 0 radical (unpaired) electrons. The Bertz CT molecular complexity index is 1450. The van der Waals surface area contributed by atoms with Gasteiger partial charge in [0, 0.05) is 16.7 Å². The number of rotatable bonds is 18. The van der Waals surface area contributed by atoms with E-state index in [-0.39, 0.29) is 32.5 Å². The molecule has 0 N–H and O–H groups in total. The molecule has 0 aliphatic rings. The van der Waals surface area contributed by atoms with E-state index in [2.05, 4.69) is 179 Å². The van der Waals surface area contributed by atoms with Crippen molar-refractivity contribution in [1.82, 2.24) is 0 Å². The Kier molecular flexibility index (Phi) is 13.9. The predicted molar refractivity (Wildman–Crippen MR) is 228 cm³/mol. The van der Waals surface area contributed by atoms with Crippen LogP contribution >= 0.6 is 8.60 Å². The van der Waals surface area contributed by atoms with Crippen molar-refractivity contribution in [3.8, 4) is 17.2 Å². The Balaban J connectivity index is 2.32. The van der Waals surface area contributed by atoms with Crippen LogP contribution in [0.3, 0.4) is 0 Å². The quantitative estimate of drug-likeness (QED) is 0.122. The molecule has 0 saturated heterocycles. The van der Waals surface area contributed by atoms with Crippen molar-refractivity contribution in [2.45, 2.75) is 196 Å². The maximum absolute atomic E-state index is 7.10. The van der Waals surface area contributed by atoms with E-state index in [9.17, 15) is 0 Å². The second kappa shape index (κ2) is 16.5. The van der Waals surface area contributed by atoms with Gasteiger partial charge in [-0.2, -0.15) is 0 Å². The summed E-state index contributed by atoms with van der Waals surface area (Å²) in [4.78, 5) is 0. The van der Waals surface area contributed by atoms with Crippen molar-refractivity contribution >= 4 is 8.60 Å². The largest absolute Gasteiger partial charge is 0.530 e. The van der Waals surface area contributed by atoms with Gasteiger partial charge in [-0.1, -0.05) is 161 Å². The molecule has 0 aliphatic carbocycles. The highest BCUT2D eigenvalue weighted by Crippen LogP contribution is 2.51. The summed E-state index contributed by atoms with van der Waals surface area (Å²) in [6.07, 6.45) is 6.10. The molecule has 290 valence electrons. The Morgan fingerprint density at radius 3 is 0.750 bits per heavy atom. The van der Waals surface area contributed by atoms with Crippen LogP contribution in [0.25, 0.3) is 0 Å². The topological polar surface area (TPSA) is 27.7 Å². The molecule has 3 aromatic rings. The van der Waals surface area contributed by atoms with Crippen LogP contribution in [0.15, 0.2) is 54.6 Å². The van der Waals surface area contributed by atoms with Crippen molar-refractivity contribution < 1.29 is 13.6 Å². The number of hydrogen-bond donors (Lipinski definition) is 0. The van der Waals surface area contributed by atoms with Gasteiger partial charge in [0.1, 0.15) is 17.2 Å². The minimum atomic E-state index is -1.92. The van der Waals surface area contributed by atoms with Gasteiger partial charge in [0.2, 0.25) is 0 Å². The molecule has 0 atom stereocenters. The summed E-state index contributed by atoms with van der Waals surface area (Å²) in [5.41, 5.74) is 7.39. The molecule has 0 aliphatic heterocycles. The summed E-state index contributed by atoms with van der Waals surface area (Å²) in [6, 6.07) is 20.3. The van der Waals surface area contributed by atoms with Crippen molar-refractivity contribution in [2.24, 2.45) is 0 Å². The van der Waals surface area contributed by atoms with E-state index in [0.717, 1.165) is 55.8 Å². The van der Waals surface area contributed by atoms with Crippen LogP contribution in [0.2, 0.25) is 0 Å². The Hall–Kier alpha value is -2.51. The van der Waals surface area contributed by atoms with Crippen molar-refractivity contribution in [2.75, 3.05) is 0 Å². The number of hydrogen-bond acceptors (Lipinski definition) is 3. The van der Waals surface area contributed by atoms with E-state index in [1.807, 2.05) is 0 Å². The summed E-state index contributed by atoms with van der Waals surface area (Å²) < 4.78 is 21.3. The van der Waals surface area contributed by atoms with E-state index in [0.29, 0.717) is 0 Å². The lowest BCUT2D eigenvalue weighted by Gasteiger charge is -2.33. The van der Waals surface area contributed by atoms with Gasteiger partial charge >= 0.3 is 8.60 Å². The lowest BCUT2D eigenvalue weighted by molar-refractivity contribution is 0.364. The average molecular weight is 731 g/mol. The first-order valence-electron chi connectivity index (χ1n) is 20.2. The molecule has 0 fully saturated rings. The molecule has 0 spiro atoms. The van der Waals surface area contributed by atoms with E-state index in [1.165, 1.54) is 33.4 Å². The summed E-state index contributed by atoms with van der Waals surface area (Å²) in [5.74, 6) is 2.48. The fourth-order valence-corrected chi connectivity index (χ4v) is 7.23. The standard InChI is InChI=1S/C48H75O3P/c1-19-43(7,8)34-25-28-40(37(31-34)46(13,14)22-4)49-52(50-41-29-26-35(44(9,10)20-2)32-38(41)47(15,16)23-5)51-42-30-27-36(45(11,12)21-3)33-39(42)48(17,18)24-6/h25-33H,19-24H2,1-18H3. The van der Waals surface area contributed by atoms with Gasteiger partial charge in [-0.25, -0.2) is 0 Å². The average Bonchev–Trinajstić information content (AvgIpc) is 3.11. The minimum absolute atomic E-state index is 0.0537. The molecule has 0 bridgehead atoms. The third kappa shape index (κ3) is 9.77. The van der Waals surface area contributed by atoms with Crippen LogP contribution in [0.1, 0.15) is 197 Å². The molecule has 0 saturated carbocycles. The highest BCUT2D eigenvalue weighted by molar-refractivity contribution is 7.43. The summed E-state index contributed by atoms with van der Waals surface area (Å²) >= 11 is 0. The molecule has 52 heavy (non-hydrogen) atoms. The monoisotopic (exact) mass is 731 g/mol. The third-order valence-corrected chi connectivity index (χ3v) is 14.3. The van der Waals surface area contributed by atoms with Gasteiger partial charge in [0.25, 0.3) is 0 Å². The highest BCUT2D eigenvalue weighted by Gasteiger charge is 2.35. The van der Waals surface area contributed by atoms with Gasteiger partial charge < -0.3 is 13.6 Å². The van der Waals surface area contributed by atoms with Crippen LogP contribution in [-0.2, 0) is 32.5 Å². The molecule has 0 unspecified atom stereocenters. The predicted octanol–water partition coefficient (Wildman–Crippen LogP) is 15.6. The molecule has 3 nitrogen and oxygen atoms in total. The molecule has 3 aromatic carbocycles. The van der Waals surface area contributed by atoms with Gasteiger partial charge in [-0.05, 0) is 106 Å². The maximum Gasteiger partial charge on any atom is 0.530 e. The Labute approximate surface area is 322 Å². The highest BCUT2D eigenvalue weighted by atomic mass is 31.2. The summed E-state index contributed by atoms with van der Waals surface area (Å²) in [6.45, 7) is 41.4. The molecule has 0 amide bonds. The second-order valence-corrected chi connectivity index (χ2v) is 20.0. The Morgan fingerprint density at radius 2 is 0.558 bits per heavy atom. The van der Waals surface area contributed by atoms with E-state index >= 15 is 0 Å². The third-order valence-electron chi connectivity index (χ3n) is 13.3. The van der Waals surface area contributed by atoms with Gasteiger partial charge in [0.15, 0.2) is 0 Å². The van der Waals surface area contributed by atoms with Gasteiger partial charge in [-0.3, -0.25) is 0 Å². The summed E-state index contributed by atoms with van der Waals surface area (Å²) in [5, 5.41) is 0. The molecule has 3 rings (SSSR count). The molecule has 0 aromatic heterocycles. The van der Waals surface area contributed by atoms with Gasteiger partial charge in [-0.15, -0.1) is 0 Å². The molecule has 4 heteroatoms. The van der Waals surface area contributed by atoms with E-state index in [1.54, 1.807) is 0 Å². The van der Waals surface area contributed by atoms with Crippen molar-refractivity contribution in [3.63, 3.8) is 0 Å². The fraction of sp³-hybridized carbons (Fsp3) is 0.625. The molecule has 0 heterocycles. The first-order valence-corrected chi connectivity index (χ1v) is 21.3. The van der Waals surface area contributed by atoms with Crippen LogP contribution in [-0.4, -0.2) is 0 Å². The first kappa shape index (κ1) is 43.9. The number of benzene rings is 3. The normalized spacial score (nSPS) is 13.4. The van der Waals surface area contributed by atoms with Crippen molar-refractivity contribution in [3.05, 3.63) is 88.0 Å². The zero-order chi connectivity index (χ0) is 39.5. The SMILES string of the molecule is CCC(C)(C)c1ccc(OP(Oc2ccc(C(C)(C)CC)cc2C(C)(C)CC)Oc2ccc(C(C)(C)CC)cc2C(C)(C)CC)c(C(C)(C)CC)c1. The van der Waals surface area contributed by atoms with E-state index < -0.39 is 8.60 Å².